The highest BCUT2D eigenvalue weighted by Crippen LogP contribution is 2.53. The Bertz CT molecular complexity index is 1680. The first-order valence-electron chi connectivity index (χ1n) is 14.8. The van der Waals surface area contributed by atoms with Crippen molar-refractivity contribution < 1.29 is 9.59 Å². The van der Waals surface area contributed by atoms with E-state index in [4.69, 9.17) is 0 Å². The van der Waals surface area contributed by atoms with Gasteiger partial charge in [-0.25, -0.2) is 0 Å². The van der Waals surface area contributed by atoms with Gasteiger partial charge in [-0.1, -0.05) is 75.4 Å². The zero-order valence-electron chi connectivity index (χ0n) is 25.9. The predicted octanol–water partition coefficient (Wildman–Crippen LogP) is 7.77. The van der Waals surface area contributed by atoms with E-state index in [2.05, 4.69) is 87.7 Å². The van der Waals surface area contributed by atoms with Crippen LogP contribution in [0.15, 0.2) is 78.9 Å². The van der Waals surface area contributed by atoms with E-state index in [-0.39, 0.29) is 22.6 Å². The summed E-state index contributed by atoms with van der Waals surface area (Å²) in [4.78, 5) is 25.8. The molecule has 4 aromatic carbocycles. The Labute approximate surface area is 250 Å². The van der Waals surface area contributed by atoms with Crippen LogP contribution < -0.4 is 10.6 Å². The summed E-state index contributed by atoms with van der Waals surface area (Å²) in [6.45, 7) is 16.1. The van der Waals surface area contributed by atoms with Crippen molar-refractivity contribution in [1.82, 2.24) is 10.6 Å². The third-order valence-corrected chi connectivity index (χ3v) is 9.21. The summed E-state index contributed by atoms with van der Waals surface area (Å²) in [5.74, 6) is -0.119. The first-order chi connectivity index (χ1) is 19.9. The lowest BCUT2D eigenvalue weighted by atomic mass is 9.74. The van der Waals surface area contributed by atoms with E-state index < -0.39 is 0 Å². The average molecular weight is 559 g/mol. The summed E-state index contributed by atoms with van der Waals surface area (Å²) in [6.07, 6.45) is 0.978. The first-order valence-corrected chi connectivity index (χ1v) is 14.8. The Hall–Kier alpha value is -4.18. The monoisotopic (exact) mass is 558 g/mol. The van der Waals surface area contributed by atoms with Gasteiger partial charge in [-0.05, 0) is 114 Å². The molecule has 0 aromatic heterocycles. The minimum absolute atomic E-state index is 0.0127. The van der Waals surface area contributed by atoms with Crippen LogP contribution in [0.4, 0.5) is 0 Å². The Morgan fingerprint density at radius 2 is 1.17 bits per heavy atom. The summed E-state index contributed by atoms with van der Waals surface area (Å²) in [6, 6.07) is 26.9. The van der Waals surface area contributed by atoms with Crippen molar-refractivity contribution in [2.24, 2.45) is 0 Å². The largest absolute Gasteiger partial charge is 0.348 e. The van der Waals surface area contributed by atoms with Crippen LogP contribution in [0.1, 0.15) is 98.0 Å². The number of fused-ring (bicyclic) bond motifs is 1. The number of amides is 2. The third-order valence-electron chi connectivity index (χ3n) is 9.21. The number of aryl methyl sites for hydroxylation is 4. The van der Waals surface area contributed by atoms with E-state index in [9.17, 15) is 9.59 Å². The second-order valence-corrected chi connectivity index (χ2v) is 12.9. The fourth-order valence-electron chi connectivity index (χ4n) is 6.44. The second-order valence-electron chi connectivity index (χ2n) is 12.9. The molecule has 0 bridgehead atoms. The van der Waals surface area contributed by atoms with Gasteiger partial charge in [0.1, 0.15) is 0 Å². The molecule has 216 valence electrons. The summed E-state index contributed by atoms with van der Waals surface area (Å²) in [5.41, 5.74) is 11.8. The number of rotatable bonds is 7. The van der Waals surface area contributed by atoms with Crippen molar-refractivity contribution in [2.75, 3.05) is 0 Å². The van der Waals surface area contributed by atoms with Crippen LogP contribution in [0.25, 0.3) is 0 Å². The molecule has 4 heteroatoms. The van der Waals surface area contributed by atoms with Gasteiger partial charge < -0.3 is 10.6 Å². The van der Waals surface area contributed by atoms with Crippen molar-refractivity contribution in [2.45, 2.75) is 78.8 Å². The molecule has 1 unspecified atom stereocenters. The highest BCUT2D eigenvalue weighted by molar-refractivity contribution is 5.95. The maximum Gasteiger partial charge on any atom is 0.251 e. The van der Waals surface area contributed by atoms with Crippen LogP contribution in [0.5, 0.6) is 0 Å². The number of carbonyl (C=O) groups excluding carboxylic acids is 2. The van der Waals surface area contributed by atoms with Crippen LogP contribution in [0.2, 0.25) is 0 Å². The van der Waals surface area contributed by atoms with Gasteiger partial charge in [-0.15, -0.1) is 0 Å². The summed E-state index contributed by atoms with van der Waals surface area (Å²) in [5, 5.41) is 6.22. The number of benzene rings is 4. The smallest absolute Gasteiger partial charge is 0.251 e. The molecule has 1 atom stereocenters. The van der Waals surface area contributed by atoms with Gasteiger partial charge >= 0.3 is 0 Å². The molecule has 4 aromatic rings. The fourth-order valence-corrected chi connectivity index (χ4v) is 6.44. The predicted molar refractivity (Wildman–Crippen MR) is 171 cm³/mol. The van der Waals surface area contributed by atoms with Crippen LogP contribution >= 0.6 is 0 Å². The number of nitrogens with one attached hydrogen (secondary N) is 2. The van der Waals surface area contributed by atoms with Crippen molar-refractivity contribution in [3.05, 3.63) is 140 Å². The van der Waals surface area contributed by atoms with Crippen molar-refractivity contribution >= 4 is 11.8 Å². The molecule has 5 rings (SSSR count). The van der Waals surface area contributed by atoms with Gasteiger partial charge in [0.05, 0.1) is 0 Å². The van der Waals surface area contributed by atoms with Crippen LogP contribution in [0, 0.1) is 27.7 Å². The molecule has 0 fully saturated rings. The highest BCUT2D eigenvalue weighted by Gasteiger charge is 2.45. The van der Waals surface area contributed by atoms with Crippen LogP contribution in [-0.4, -0.2) is 11.8 Å². The minimum Gasteiger partial charge on any atom is -0.348 e. The molecule has 0 saturated heterocycles. The molecular weight excluding hydrogens is 516 g/mol. The van der Waals surface area contributed by atoms with Crippen molar-refractivity contribution in [3.63, 3.8) is 0 Å². The molecule has 1 aliphatic rings. The quantitative estimate of drug-likeness (QED) is 0.243. The molecule has 2 amide bonds. The topological polar surface area (TPSA) is 58.2 Å². The first kappa shape index (κ1) is 29.3. The van der Waals surface area contributed by atoms with Crippen molar-refractivity contribution in [1.29, 1.82) is 0 Å². The van der Waals surface area contributed by atoms with E-state index in [0.717, 1.165) is 28.7 Å². The third kappa shape index (κ3) is 5.76. The van der Waals surface area contributed by atoms with Gasteiger partial charge in [0, 0.05) is 29.6 Å². The SMILES string of the molecule is Cc1ccc(C(=O)NCc2cccc(C3(C)CC(C)(C)c4ccc(CNC(=O)c5ccc(C)c(C)c5)cc43)c2)cc1C. The molecular formula is C38H42N2O2. The molecule has 42 heavy (non-hydrogen) atoms. The van der Waals surface area contributed by atoms with Gasteiger partial charge in [0.25, 0.3) is 11.8 Å². The highest BCUT2D eigenvalue weighted by atomic mass is 16.2. The molecule has 1 aliphatic carbocycles. The Balaban J connectivity index is 1.35. The Morgan fingerprint density at radius 1 is 0.619 bits per heavy atom. The van der Waals surface area contributed by atoms with E-state index in [0.29, 0.717) is 24.2 Å². The van der Waals surface area contributed by atoms with Gasteiger partial charge in [0.2, 0.25) is 0 Å². The molecule has 0 aliphatic heterocycles. The number of hydrogen-bond acceptors (Lipinski definition) is 2. The molecule has 0 heterocycles. The van der Waals surface area contributed by atoms with Gasteiger partial charge in [-0.3, -0.25) is 9.59 Å². The molecule has 4 nitrogen and oxygen atoms in total. The molecule has 2 N–H and O–H groups in total. The molecule has 0 saturated carbocycles. The number of hydrogen-bond donors (Lipinski definition) is 2. The van der Waals surface area contributed by atoms with Crippen LogP contribution in [-0.2, 0) is 23.9 Å². The maximum absolute atomic E-state index is 12.9. The number of carbonyl (C=O) groups is 2. The van der Waals surface area contributed by atoms with Crippen LogP contribution in [0.3, 0.4) is 0 Å². The van der Waals surface area contributed by atoms with Crippen molar-refractivity contribution in [3.8, 4) is 0 Å². The molecule has 0 radical (unpaired) electrons. The van der Waals surface area contributed by atoms with E-state index >= 15 is 0 Å². The zero-order valence-corrected chi connectivity index (χ0v) is 25.9. The standard InChI is InChI=1S/C38H42N2O2/c1-24-11-14-30(17-26(24)3)35(41)39-21-28-9-8-10-32(19-28)38(7)23-37(5,6)33-16-13-29(20-34(33)38)22-40-36(42)31-15-12-25(2)27(4)18-31/h8-20H,21-23H2,1-7H3,(H,39,41)(H,40,42). The second kappa shape index (κ2) is 11.2. The lowest BCUT2D eigenvalue weighted by Gasteiger charge is -2.29. The normalized spacial score (nSPS) is 17.0. The van der Waals surface area contributed by atoms with E-state index in [1.165, 1.54) is 27.8 Å². The summed E-state index contributed by atoms with van der Waals surface area (Å²) >= 11 is 0. The van der Waals surface area contributed by atoms with Gasteiger partial charge in [-0.2, -0.15) is 0 Å². The van der Waals surface area contributed by atoms with Gasteiger partial charge in [0.15, 0.2) is 0 Å². The average Bonchev–Trinajstić information content (AvgIpc) is 3.18. The Morgan fingerprint density at radius 3 is 1.71 bits per heavy atom. The van der Waals surface area contributed by atoms with E-state index in [1.807, 2.05) is 50.2 Å². The zero-order chi connectivity index (χ0) is 30.2. The summed E-state index contributed by atoms with van der Waals surface area (Å²) in [7, 11) is 0. The van der Waals surface area contributed by atoms with E-state index in [1.54, 1.807) is 0 Å². The minimum atomic E-state index is -0.193. The Kier molecular flexibility index (Phi) is 7.85. The maximum atomic E-state index is 12.9. The summed E-state index contributed by atoms with van der Waals surface area (Å²) < 4.78 is 0. The lowest BCUT2D eigenvalue weighted by molar-refractivity contribution is 0.0943. The molecule has 0 spiro atoms. The fraction of sp³-hybridized carbons (Fsp3) is 0.316. The lowest BCUT2D eigenvalue weighted by Crippen LogP contribution is -2.25.